The monoisotopic (exact) mass is 232 g/mol. The first-order valence-electron chi connectivity index (χ1n) is 4.85. The summed E-state index contributed by atoms with van der Waals surface area (Å²) in [5.74, 6) is 0. The third kappa shape index (κ3) is 2.11. The molecule has 88 valence electrons. The van der Waals surface area contributed by atoms with Crippen LogP contribution in [-0.2, 0) is 6.18 Å². The molecule has 3 nitrogen and oxygen atoms in total. The second-order valence-electron chi connectivity index (χ2n) is 3.91. The van der Waals surface area contributed by atoms with Gasteiger partial charge in [-0.05, 0) is 19.1 Å². The quantitative estimate of drug-likeness (QED) is 0.798. The average molecular weight is 232 g/mol. The van der Waals surface area contributed by atoms with E-state index in [1.165, 1.54) is 6.92 Å². The maximum absolute atomic E-state index is 12.5. The number of nitrogens with zero attached hydrogens (tertiary/aromatic N) is 2. The maximum atomic E-state index is 12.5. The van der Waals surface area contributed by atoms with Gasteiger partial charge in [-0.25, -0.2) is 4.98 Å². The zero-order chi connectivity index (χ0) is 11.9. The molecule has 2 rings (SSSR count). The van der Waals surface area contributed by atoms with Crippen molar-refractivity contribution in [2.24, 2.45) is 0 Å². The molecule has 1 fully saturated rings. The van der Waals surface area contributed by atoms with E-state index in [0.29, 0.717) is 24.5 Å². The van der Waals surface area contributed by atoms with Crippen molar-refractivity contribution in [1.29, 1.82) is 0 Å². The van der Waals surface area contributed by atoms with Crippen molar-refractivity contribution in [3.63, 3.8) is 0 Å². The summed E-state index contributed by atoms with van der Waals surface area (Å²) in [6.07, 6.45) is -4.87. The van der Waals surface area contributed by atoms with Crippen LogP contribution in [0.2, 0.25) is 0 Å². The highest BCUT2D eigenvalue weighted by Gasteiger charge is 2.34. The van der Waals surface area contributed by atoms with E-state index in [-0.39, 0.29) is 0 Å². The summed E-state index contributed by atoms with van der Waals surface area (Å²) in [6.45, 7) is 2.27. The molecule has 0 aromatic carbocycles. The first-order valence-corrected chi connectivity index (χ1v) is 4.85. The number of aromatic nitrogens is 1. The van der Waals surface area contributed by atoms with Gasteiger partial charge in [-0.1, -0.05) is 0 Å². The molecule has 0 spiro atoms. The van der Waals surface area contributed by atoms with Crippen LogP contribution in [0.5, 0.6) is 0 Å². The lowest BCUT2D eigenvalue weighted by Gasteiger charge is -2.38. The van der Waals surface area contributed by atoms with Gasteiger partial charge in [0.15, 0.2) is 0 Å². The van der Waals surface area contributed by atoms with Crippen LogP contribution >= 0.6 is 0 Å². The highest BCUT2D eigenvalue weighted by molar-refractivity contribution is 5.51. The van der Waals surface area contributed by atoms with Crippen LogP contribution in [0.3, 0.4) is 0 Å². The normalized spacial score (nSPS) is 17.4. The van der Waals surface area contributed by atoms with E-state index < -0.39 is 18.0 Å². The molecule has 1 aliphatic heterocycles. The molecule has 0 atom stereocenters. The van der Waals surface area contributed by atoms with E-state index in [1.54, 1.807) is 11.0 Å². The Hall–Kier alpha value is -1.30. The summed E-state index contributed by atoms with van der Waals surface area (Å²) in [5.41, 5.74) is -0.0970. The average Bonchev–Trinajstić information content (AvgIpc) is 2.10. The Morgan fingerprint density at radius 3 is 2.50 bits per heavy atom. The minimum Gasteiger partial charge on any atom is -0.389 e. The van der Waals surface area contributed by atoms with E-state index in [2.05, 4.69) is 4.98 Å². The van der Waals surface area contributed by atoms with E-state index in [1.807, 2.05) is 0 Å². The summed E-state index contributed by atoms with van der Waals surface area (Å²) < 4.78 is 37.4. The summed E-state index contributed by atoms with van der Waals surface area (Å²) in [6, 6.07) is 2.60. The second kappa shape index (κ2) is 3.62. The van der Waals surface area contributed by atoms with E-state index in [9.17, 15) is 13.2 Å². The number of aliphatic hydroxyl groups excluding tert-OH is 1. The highest BCUT2D eigenvalue weighted by atomic mass is 19.4. The van der Waals surface area contributed by atoms with Crippen molar-refractivity contribution in [3.8, 4) is 0 Å². The van der Waals surface area contributed by atoms with Crippen molar-refractivity contribution in [2.45, 2.75) is 19.2 Å². The van der Waals surface area contributed by atoms with Crippen LogP contribution in [0, 0.1) is 6.92 Å². The molecule has 2 heterocycles. The Bertz CT molecular complexity index is 400. The Morgan fingerprint density at radius 1 is 1.38 bits per heavy atom. The maximum Gasteiger partial charge on any atom is 0.433 e. The van der Waals surface area contributed by atoms with Crippen LogP contribution in [0.15, 0.2) is 12.1 Å². The zero-order valence-corrected chi connectivity index (χ0v) is 8.62. The Labute approximate surface area is 90.5 Å². The van der Waals surface area contributed by atoms with Crippen molar-refractivity contribution >= 4 is 5.69 Å². The fourth-order valence-electron chi connectivity index (χ4n) is 1.64. The largest absolute Gasteiger partial charge is 0.433 e. The Morgan fingerprint density at radius 2 is 2.00 bits per heavy atom. The standard InChI is InChI=1S/C10H11F3N2O/c1-6-2-7(15-4-8(16)5-15)3-9(14-6)10(11,12)13/h2-3,8,16H,4-5H2,1H3. The fourth-order valence-corrected chi connectivity index (χ4v) is 1.64. The predicted octanol–water partition coefficient (Wildman–Crippen LogP) is 1.59. The number of halogens is 3. The number of anilines is 1. The summed E-state index contributed by atoms with van der Waals surface area (Å²) in [4.78, 5) is 5.14. The van der Waals surface area contributed by atoms with Crippen molar-refractivity contribution in [3.05, 3.63) is 23.5 Å². The first-order chi connectivity index (χ1) is 7.36. The minimum absolute atomic E-state index is 0.325. The molecule has 0 saturated carbocycles. The molecule has 0 aliphatic carbocycles. The van der Waals surface area contributed by atoms with Crippen molar-refractivity contribution < 1.29 is 18.3 Å². The third-order valence-corrected chi connectivity index (χ3v) is 2.46. The van der Waals surface area contributed by atoms with Crippen LogP contribution in [0.25, 0.3) is 0 Å². The van der Waals surface area contributed by atoms with Gasteiger partial charge in [-0.2, -0.15) is 13.2 Å². The van der Waals surface area contributed by atoms with Gasteiger partial charge in [-0.15, -0.1) is 0 Å². The molecule has 1 aromatic heterocycles. The summed E-state index contributed by atoms with van der Waals surface area (Å²) >= 11 is 0. The zero-order valence-electron chi connectivity index (χ0n) is 8.62. The van der Waals surface area contributed by atoms with Gasteiger partial charge >= 0.3 is 6.18 Å². The van der Waals surface area contributed by atoms with Gasteiger partial charge in [0.1, 0.15) is 5.69 Å². The number of hydrogen-bond acceptors (Lipinski definition) is 3. The smallest absolute Gasteiger partial charge is 0.389 e. The molecule has 0 amide bonds. The lowest BCUT2D eigenvalue weighted by atomic mass is 10.1. The first kappa shape index (κ1) is 11.2. The van der Waals surface area contributed by atoms with Gasteiger partial charge in [0.05, 0.1) is 6.10 Å². The molecule has 0 bridgehead atoms. The summed E-state index contributed by atoms with van der Waals surface area (Å²) in [5, 5.41) is 9.10. The molecule has 6 heteroatoms. The minimum atomic E-state index is -4.43. The van der Waals surface area contributed by atoms with E-state index in [0.717, 1.165) is 6.07 Å². The molecular weight excluding hydrogens is 221 g/mol. The van der Waals surface area contributed by atoms with E-state index >= 15 is 0 Å². The van der Waals surface area contributed by atoms with Crippen LogP contribution in [0.4, 0.5) is 18.9 Å². The number of β-amino-alcohol motifs (C(OH)–C–C–N with tert-alkyl or cyclic N) is 1. The number of rotatable bonds is 1. The van der Waals surface area contributed by atoms with Crippen molar-refractivity contribution in [1.82, 2.24) is 4.98 Å². The third-order valence-electron chi connectivity index (χ3n) is 2.46. The number of pyridine rings is 1. The molecular formula is C10H11F3N2O. The van der Waals surface area contributed by atoms with Gasteiger partial charge in [0, 0.05) is 24.5 Å². The van der Waals surface area contributed by atoms with Gasteiger partial charge in [-0.3, -0.25) is 0 Å². The molecule has 1 N–H and O–H groups in total. The molecule has 0 unspecified atom stereocenters. The second-order valence-corrected chi connectivity index (χ2v) is 3.91. The summed E-state index contributed by atoms with van der Waals surface area (Å²) in [7, 11) is 0. The Kier molecular flexibility index (Phi) is 2.53. The van der Waals surface area contributed by atoms with Crippen molar-refractivity contribution in [2.75, 3.05) is 18.0 Å². The molecule has 1 saturated heterocycles. The van der Waals surface area contributed by atoms with E-state index in [4.69, 9.17) is 5.11 Å². The molecule has 0 radical (unpaired) electrons. The topological polar surface area (TPSA) is 36.4 Å². The van der Waals surface area contributed by atoms with Gasteiger partial charge < -0.3 is 10.0 Å². The number of aliphatic hydroxyl groups is 1. The SMILES string of the molecule is Cc1cc(N2CC(O)C2)cc(C(F)(F)F)n1. The molecule has 1 aliphatic rings. The number of alkyl halides is 3. The lowest BCUT2D eigenvalue weighted by molar-refractivity contribution is -0.141. The van der Waals surface area contributed by atoms with Crippen LogP contribution < -0.4 is 4.90 Å². The predicted molar refractivity (Wildman–Crippen MR) is 52.2 cm³/mol. The van der Waals surface area contributed by atoms with Crippen LogP contribution in [0.1, 0.15) is 11.4 Å². The fraction of sp³-hybridized carbons (Fsp3) is 0.500. The molecule has 1 aromatic rings. The van der Waals surface area contributed by atoms with Gasteiger partial charge in [0.25, 0.3) is 0 Å². The number of aryl methyl sites for hydroxylation is 1. The Balaban J connectivity index is 2.30. The van der Waals surface area contributed by atoms with Gasteiger partial charge in [0.2, 0.25) is 0 Å². The lowest BCUT2D eigenvalue weighted by Crippen LogP contribution is -2.50. The molecule has 16 heavy (non-hydrogen) atoms. The van der Waals surface area contributed by atoms with Crippen LogP contribution in [-0.4, -0.2) is 29.3 Å². The highest BCUT2D eigenvalue weighted by Crippen LogP contribution is 2.31. The number of hydrogen-bond donors (Lipinski definition) is 1.